The lowest BCUT2D eigenvalue weighted by molar-refractivity contribution is -0.153. The number of aromatic hydroxyl groups is 2. The number of rotatable bonds is 7. The Hall–Kier alpha value is -4.06. The van der Waals surface area contributed by atoms with E-state index in [0.717, 1.165) is 50.8 Å². The number of carboxylic acids is 1. The van der Waals surface area contributed by atoms with Gasteiger partial charge in [-0.05, 0) is 6.07 Å². The number of thiazole rings is 1. The molecule has 2 aliphatic rings. The van der Waals surface area contributed by atoms with E-state index < -0.39 is 45.6 Å². The van der Waals surface area contributed by atoms with E-state index in [4.69, 9.17) is 22.8 Å². The molecule has 1 aromatic carbocycles. The van der Waals surface area contributed by atoms with Gasteiger partial charge >= 0.3 is 5.97 Å². The Morgan fingerprint density at radius 2 is 2.02 bits per heavy atom. The zero-order chi connectivity index (χ0) is 28.9. The zero-order valence-corrected chi connectivity index (χ0v) is 23.4. The van der Waals surface area contributed by atoms with Crippen LogP contribution in [0.3, 0.4) is 0 Å². The molecule has 0 unspecified atom stereocenters. The molecule has 0 radical (unpaired) electrons. The van der Waals surface area contributed by atoms with E-state index in [0.29, 0.717) is 4.70 Å². The molecule has 1 saturated heterocycles. The van der Waals surface area contributed by atoms with Crippen LogP contribution in [0.5, 0.6) is 11.5 Å². The van der Waals surface area contributed by atoms with E-state index in [2.05, 4.69) is 15.5 Å². The number of nitrogens with one attached hydrogen (secondary N) is 1. The monoisotopic (exact) mass is 619 g/mol. The summed E-state index contributed by atoms with van der Waals surface area (Å²) in [6, 6.07) is 3.55. The molecule has 3 aromatic rings. The molecule has 0 aliphatic carbocycles. The number of carbonyl (C=O) groups excluding carboxylic acids is 2. The number of nitrogens with zero attached hydrogens (tertiary/aromatic N) is 3. The maximum atomic E-state index is 13.5. The summed E-state index contributed by atoms with van der Waals surface area (Å²) in [5, 5.41) is 38.0. The van der Waals surface area contributed by atoms with Gasteiger partial charge in [-0.2, -0.15) is 0 Å². The number of amides is 2. The highest BCUT2D eigenvalue weighted by atomic mass is 32.2. The van der Waals surface area contributed by atoms with E-state index in [9.17, 15) is 34.5 Å². The van der Waals surface area contributed by atoms with Crippen LogP contribution in [-0.2, 0) is 19.2 Å². The molecule has 13 nitrogen and oxygen atoms in total. The third-order valence-corrected chi connectivity index (χ3v) is 9.64. The molecule has 2 aromatic heterocycles. The van der Waals surface area contributed by atoms with Crippen LogP contribution in [0.1, 0.15) is 10.6 Å². The second-order valence-corrected chi connectivity index (χ2v) is 11.7. The van der Waals surface area contributed by atoms with Crippen LogP contribution in [0.25, 0.3) is 15.7 Å². The lowest BCUT2D eigenvalue weighted by Crippen LogP contribution is -2.80. The average Bonchev–Trinajstić information content (AvgIpc) is 3.35. The molecule has 2 aliphatic heterocycles. The fourth-order valence-electron chi connectivity index (χ4n) is 4.29. The van der Waals surface area contributed by atoms with Gasteiger partial charge in [0.05, 0.1) is 0 Å². The van der Waals surface area contributed by atoms with E-state index in [1.54, 1.807) is 0 Å². The summed E-state index contributed by atoms with van der Waals surface area (Å²) >= 11 is 8.36. The Kier molecular flexibility index (Phi) is 6.99. The van der Waals surface area contributed by atoms with Gasteiger partial charge in [0.2, 0.25) is 0 Å². The molecule has 6 N–H and O–H groups in total. The number of thiocarbonyl (C=S) groups is 1. The number of phenolic OH excluding ortho intramolecular Hbond substituents is 2. The lowest BCUT2D eigenvalue weighted by Gasteiger charge is -2.55. The van der Waals surface area contributed by atoms with Crippen molar-refractivity contribution in [1.82, 2.24) is 15.2 Å². The topological polar surface area (TPSA) is 205 Å². The highest BCUT2D eigenvalue weighted by molar-refractivity contribution is 8.00. The summed E-state index contributed by atoms with van der Waals surface area (Å²) in [5.41, 5.74) is 3.08. The van der Waals surface area contributed by atoms with Crippen LogP contribution in [0.2, 0.25) is 0 Å². The fraction of sp³-hybridized carbons (Fsp3) is 0.174. The first-order valence-electron chi connectivity index (χ1n) is 11.1. The minimum atomic E-state index is -1.75. The summed E-state index contributed by atoms with van der Waals surface area (Å²) in [7, 11) is 1.22. The summed E-state index contributed by atoms with van der Waals surface area (Å²) in [5.74, 6) is -3.93. The molecule has 1 fully saturated rings. The van der Waals surface area contributed by atoms with Gasteiger partial charge in [-0.15, -0.1) is 34.4 Å². The molecular weight excluding hydrogens is 603 g/mol. The highest BCUT2D eigenvalue weighted by Crippen LogP contribution is 2.48. The second kappa shape index (κ2) is 10.2. The second-order valence-electron chi connectivity index (χ2n) is 8.42. The Morgan fingerprint density at radius 1 is 1.30 bits per heavy atom. The largest absolute Gasteiger partial charge is 0.504 e. The molecule has 2 amide bonds. The zero-order valence-electron chi connectivity index (χ0n) is 20.1. The Morgan fingerprint density at radius 3 is 2.65 bits per heavy atom. The number of anilines is 1. The van der Waals surface area contributed by atoms with Crippen LogP contribution in [0.4, 0.5) is 5.13 Å². The molecule has 4 heterocycles. The number of hydrogen-bond donors (Lipinski definition) is 5. The van der Waals surface area contributed by atoms with Gasteiger partial charge in [0.1, 0.15) is 23.9 Å². The lowest BCUT2D eigenvalue weighted by atomic mass is 9.87. The van der Waals surface area contributed by atoms with Crippen LogP contribution in [0, 0.1) is 0 Å². The van der Waals surface area contributed by atoms with Crippen molar-refractivity contribution in [2.24, 2.45) is 5.16 Å². The number of oxime groups is 1. The van der Waals surface area contributed by atoms with Crippen molar-refractivity contribution in [2.75, 3.05) is 18.6 Å². The van der Waals surface area contributed by atoms with Gasteiger partial charge in [-0.1, -0.05) is 17.4 Å². The number of carbonyl (C=O) groups is 3. The van der Waals surface area contributed by atoms with E-state index in [1.807, 2.05) is 0 Å². The van der Waals surface area contributed by atoms with Crippen LogP contribution >= 0.6 is 46.7 Å². The van der Waals surface area contributed by atoms with E-state index in [1.165, 1.54) is 24.6 Å². The van der Waals surface area contributed by atoms with Crippen molar-refractivity contribution in [3.8, 4) is 11.5 Å². The number of fused-ring (bicyclic) bond motifs is 2. The molecule has 2 atom stereocenters. The van der Waals surface area contributed by atoms with Crippen molar-refractivity contribution in [2.45, 2.75) is 10.9 Å². The number of aromatic nitrogens is 1. The smallest absolute Gasteiger partial charge is 0.353 e. The van der Waals surface area contributed by atoms with E-state index >= 15 is 0 Å². The number of benzene rings is 1. The third kappa shape index (κ3) is 4.26. The van der Waals surface area contributed by atoms with Crippen molar-refractivity contribution >= 4 is 96.3 Å². The number of aliphatic carboxylic acids is 1. The van der Waals surface area contributed by atoms with Gasteiger partial charge in [-0.25, -0.2) is 9.78 Å². The number of thioether (sulfide) groups is 1. The van der Waals surface area contributed by atoms with Crippen molar-refractivity contribution < 1.29 is 34.5 Å². The molecule has 0 spiro atoms. The van der Waals surface area contributed by atoms with Crippen molar-refractivity contribution in [3.63, 3.8) is 0 Å². The van der Waals surface area contributed by atoms with Gasteiger partial charge in [0, 0.05) is 49.2 Å². The summed E-state index contributed by atoms with van der Waals surface area (Å²) in [6.45, 7) is 0. The highest BCUT2D eigenvalue weighted by Gasteiger charge is 2.65. The fourth-order valence-corrected chi connectivity index (χ4v) is 7.90. The Bertz CT molecular complexity index is 1750. The van der Waals surface area contributed by atoms with Gasteiger partial charge in [0.25, 0.3) is 11.8 Å². The number of hydrogen-bond acceptors (Lipinski definition) is 14. The molecule has 17 heteroatoms. The van der Waals surface area contributed by atoms with E-state index in [-0.39, 0.29) is 43.8 Å². The third-order valence-electron chi connectivity index (χ3n) is 6.10. The molecule has 5 rings (SSSR count). The van der Waals surface area contributed by atoms with Crippen LogP contribution in [0.15, 0.2) is 39.2 Å². The van der Waals surface area contributed by atoms with Gasteiger partial charge < -0.3 is 31.2 Å². The number of nitrogen functional groups attached to an aromatic ring is 1. The Labute approximate surface area is 241 Å². The van der Waals surface area contributed by atoms with Gasteiger partial charge in [0.15, 0.2) is 33.3 Å². The van der Waals surface area contributed by atoms with Crippen LogP contribution in [-0.4, -0.2) is 77.8 Å². The number of phenols is 2. The Balaban J connectivity index is 1.53. The SMILES string of the molecule is CON=C(C(=O)N[C@]1(C=S)C(=O)N2C(C(=O)O)=C(c3cc(=O)c4cc(O)c(O)cc4s3)CS[C@H]21)c1csc(N)n1. The van der Waals surface area contributed by atoms with Crippen molar-refractivity contribution in [3.05, 3.63) is 50.1 Å². The number of carboxylic acid groups (broad SMARTS) is 1. The first kappa shape index (κ1) is 27.5. The molecular formula is C23H17N5O8S4. The normalized spacial score (nSPS) is 20.6. The summed E-state index contributed by atoms with van der Waals surface area (Å²) in [6.07, 6.45) is 0. The molecule has 206 valence electrons. The minimum Gasteiger partial charge on any atom is -0.504 e. The number of nitrogens with two attached hydrogens (primary N) is 1. The predicted molar refractivity (Wildman–Crippen MR) is 154 cm³/mol. The van der Waals surface area contributed by atoms with Gasteiger partial charge in [-0.3, -0.25) is 19.3 Å². The molecule has 40 heavy (non-hydrogen) atoms. The summed E-state index contributed by atoms with van der Waals surface area (Å²) in [4.78, 5) is 62.0. The summed E-state index contributed by atoms with van der Waals surface area (Å²) < 4.78 is 0.310. The number of β-lactam (4-membered cyclic amide) rings is 1. The molecule has 0 saturated carbocycles. The average molecular weight is 620 g/mol. The first-order chi connectivity index (χ1) is 19.0. The maximum absolute atomic E-state index is 13.5. The van der Waals surface area contributed by atoms with Crippen LogP contribution < -0.4 is 16.5 Å². The quantitative estimate of drug-likeness (QED) is 0.0835. The maximum Gasteiger partial charge on any atom is 0.353 e. The minimum absolute atomic E-state index is 0.0457. The van der Waals surface area contributed by atoms with Crippen molar-refractivity contribution in [1.29, 1.82) is 0 Å². The standard InChI is InChI=1S/C23H17N5O8S4/c1-36-27-16(10-6-39-22(24)25-10)18(32)26-23(7-37)20(35)28-17(19(33)34)9(5-38-21(23)28)15-3-11(29)8-2-12(30)13(31)4-14(8)40-15/h2-4,6-7,21,30-31H,5H2,1H3,(H2,24,25)(H,26,32)(H,33,34)/t21-,23+/m0/s1. The first-order valence-corrected chi connectivity index (χ1v) is 14.3. The molecule has 0 bridgehead atoms. The predicted octanol–water partition coefficient (Wildman–Crippen LogP) is 1.33.